The smallest absolute Gasteiger partial charge is 0.222 e. The molecule has 2 aromatic rings. The number of nitrogens with zero attached hydrogens (tertiary/aromatic N) is 3. The largest absolute Gasteiger partial charge is 0.392 e. The number of amides is 1. The number of hydrogen-bond donors (Lipinski definition) is 2. The van der Waals surface area contributed by atoms with Gasteiger partial charge in [-0.1, -0.05) is 18.2 Å². The van der Waals surface area contributed by atoms with Gasteiger partial charge in [-0.2, -0.15) is 0 Å². The summed E-state index contributed by atoms with van der Waals surface area (Å²) < 4.78 is 14.3. The summed E-state index contributed by atoms with van der Waals surface area (Å²) >= 11 is 0. The summed E-state index contributed by atoms with van der Waals surface area (Å²) in [6, 6.07) is 5.09. The van der Waals surface area contributed by atoms with Crippen molar-refractivity contribution in [3.8, 4) is 11.1 Å². The number of rotatable bonds is 4. The van der Waals surface area contributed by atoms with Crippen LogP contribution in [0.1, 0.15) is 25.3 Å². The van der Waals surface area contributed by atoms with Crippen molar-refractivity contribution in [1.82, 2.24) is 14.9 Å². The summed E-state index contributed by atoms with van der Waals surface area (Å²) in [5.41, 5.74) is 1.18. The number of aliphatic hydroxyl groups excluding tert-OH is 1. The lowest BCUT2D eigenvalue weighted by Gasteiger charge is -2.31. The number of hydrogen-bond acceptors (Lipinski definition) is 5. The van der Waals surface area contributed by atoms with Crippen LogP contribution in [0.4, 0.5) is 10.3 Å². The van der Waals surface area contributed by atoms with E-state index < -0.39 is 5.82 Å². The molecule has 132 valence electrons. The van der Waals surface area contributed by atoms with Crippen molar-refractivity contribution in [1.29, 1.82) is 0 Å². The Hall–Kier alpha value is -2.54. The highest BCUT2D eigenvalue weighted by atomic mass is 19.1. The Balaban J connectivity index is 1.66. The van der Waals surface area contributed by atoms with E-state index in [1.807, 2.05) is 4.90 Å². The zero-order valence-electron chi connectivity index (χ0n) is 14.1. The third-order valence-corrected chi connectivity index (χ3v) is 4.49. The van der Waals surface area contributed by atoms with Crippen molar-refractivity contribution in [3.05, 3.63) is 42.0 Å². The molecule has 0 aliphatic carbocycles. The van der Waals surface area contributed by atoms with Gasteiger partial charge in [0.15, 0.2) is 0 Å². The van der Waals surface area contributed by atoms with E-state index in [1.165, 1.54) is 0 Å². The fourth-order valence-electron chi connectivity index (χ4n) is 2.99. The third kappa shape index (κ3) is 3.93. The number of carbonyl (C=O) groups is 1. The Morgan fingerprint density at radius 1 is 1.32 bits per heavy atom. The maximum Gasteiger partial charge on any atom is 0.222 e. The number of carbonyl (C=O) groups excluding carboxylic acids is 1. The summed E-state index contributed by atoms with van der Waals surface area (Å²) in [7, 11) is 0. The molecular weight excluding hydrogens is 323 g/mol. The highest BCUT2D eigenvalue weighted by Crippen LogP contribution is 2.24. The topological polar surface area (TPSA) is 78.4 Å². The number of aliphatic hydroxyl groups is 1. The lowest BCUT2D eigenvalue weighted by Crippen LogP contribution is -2.41. The molecule has 0 unspecified atom stereocenters. The van der Waals surface area contributed by atoms with Crippen molar-refractivity contribution in [3.63, 3.8) is 0 Å². The van der Waals surface area contributed by atoms with Gasteiger partial charge in [0.05, 0.1) is 6.61 Å². The van der Waals surface area contributed by atoms with E-state index >= 15 is 0 Å². The summed E-state index contributed by atoms with van der Waals surface area (Å²) in [5, 5.41) is 12.4. The molecule has 1 fully saturated rings. The highest BCUT2D eigenvalue weighted by Gasteiger charge is 2.21. The quantitative estimate of drug-likeness (QED) is 0.889. The van der Waals surface area contributed by atoms with Gasteiger partial charge in [-0.05, 0) is 12.8 Å². The van der Waals surface area contributed by atoms with E-state index in [-0.39, 0.29) is 24.1 Å². The second-order valence-corrected chi connectivity index (χ2v) is 6.16. The van der Waals surface area contributed by atoms with Gasteiger partial charge in [-0.15, -0.1) is 0 Å². The average Bonchev–Trinajstić information content (AvgIpc) is 2.63. The van der Waals surface area contributed by atoms with Gasteiger partial charge in [0.2, 0.25) is 11.9 Å². The van der Waals surface area contributed by atoms with Gasteiger partial charge in [0, 0.05) is 55.1 Å². The van der Waals surface area contributed by atoms with Crippen molar-refractivity contribution < 1.29 is 14.3 Å². The molecule has 6 nitrogen and oxygen atoms in total. The van der Waals surface area contributed by atoms with Crippen molar-refractivity contribution in [2.24, 2.45) is 0 Å². The molecule has 1 amide bonds. The maximum absolute atomic E-state index is 14.3. The van der Waals surface area contributed by atoms with Gasteiger partial charge in [-0.3, -0.25) is 4.79 Å². The Bertz CT molecular complexity index is 743. The Kier molecular flexibility index (Phi) is 5.23. The molecule has 2 heterocycles. The number of piperidine rings is 1. The van der Waals surface area contributed by atoms with Crippen molar-refractivity contribution >= 4 is 11.9 Å². The minimum absolute atomic E-state index is 0.103. The minimum atomic E-state index is -0.453. The third-order valence-electron chi connectivity index (χ3n) is 4.49. The lowest BCUT2D eigenvalue weighted by molar-refractivity contribution is -0.129. The van der Waals surface area contributed by atoms with Crippen LogP contribution in [0.3, 0.4) is 0 Å². The molecule has 1 aliphatic rings. The second-order valence-electron chi connectivity index (χ2n) is 6.16. The van der Waals surface area contributed by atoms with Crippen LogP contribution in [0.2, 0.25) is 0 Å². The van der Waals surface area contributed by atoms with Crippen LogP contribution in [0, 0.1) is 5.82 Å². The molecule has 0 bridgehead atoms. The number of anilines is 1. The van der Waals surface area contributed by atoms with Crippen LogP contribution in [0.25, 0.3) is 11.1 Å². The van der Waals surface area contributed by atoms with Crippen LogP contribution >= 0.6 is 0 Å². The van der Waals surface area contributed by atoms with E-state index in [1.54, 1.807) is 37.5 Å². The molecule has 0 spiro atoms. The normalized spacial score (nSPS) is 15.2. The first-order chi connectivity index (χ1) is 12.1. The molecule has 1 aromatic carbocycles. The van der Waals surface area contributed by atoms with Gasteiger partial charge in [0.25, 0.3) is 0 Å². The predicted octanol–water partition coefficient (Wildman–Crippen LogP) is 2.20. The fourth-order valence-corrected chi connectivity index (χ4v) is 2.99. The Morgan fingerprint density at radius 3 is 2.60 bits per heavy atom. The molecule has 3 rings (SSSR count). The van der Waals surface area contributed by atoms with Crippen LogP contribution in [-0.4, -0.2) is 45.0 Å². The standard InChI is InChI=1S/C18H21FN4O2/c1-12(25)23-7-5-15(6-8-23)22-18-20-9-14(10-21-18)16-4-2-3-13(11-24)17(16)19/h2-4,9-10,15,24H,5-8,11H2,1H3,(H,20,21,22). The SMILES string of the molecule is CC(=O)N1CCC(Nc2ncc(-c3cccc(CO)c3F)cn2)CC1. The summed E-state index contributed by atoms with van der Waals surface area (Å²) in [6.07, 6.45) is 4.83. The number of halogens is 1. The zero-order chi connectivity index (χ0) is 17.8. The van der Waals surface area contributed by atoms with E-state index in [4.69, 9.17) is 5.11 Å². The van der Waals surface area contributed by atoms with Crippen LogP contribution < -0.4 is 5.32 Å². The molecule has 1 aliphatic heterocycles. The summed E-state index contributed by atoms with van der Waals surface area (Å²) in [5.74, 6) is 0.140. The van der Waals surface area contributed by atoms with Gasteiger partial charge < -0.3 is 15.3 Å². The van der Waals surface area contributed by atoms with Gasteiger partial charge >= 0.3 is 0 Å². The van der Waals surface area contributed by atoms with Crippen molar-refractivity contribution in [2.75, 3.05) is 18.4 Å². The van der Waals surface area contributed by atoms with Crippen LogP contribution in [-0.2, 0) is 11.4 Å². The molecule has 7 heteroatoms. The molecule has 1 aromatic heterocycles. The second kappa shape index (κ2) is 7.57. The fraction of sp³-hybridized carbons (Fsp3) is 0.389. The van der Waals surface area contributed by atoms with E-state index in [9.17, 15) is 9.18 Å². The lowest BCUT2D eigenvalue weighted by atomic mass is 10.0. The number of benzene rings is 1. The number of likely N-dealkylation sites (tertiary alicyclic amines) is 1. The van der Waals surface area contributed by atoms with E-state index in [0.717, 1.165) is 25.9 Å². The Labute approximate surface area is 145 Å². The van der Waals surface area contributed by atoms with Crippen LogP contribution in [0.5, 0.6) is 0 Å². The van der Waals surface area contributed by atoms with E-state index in [0.29, 0.717) is 17.1 Å². The molecule has 25 heavy (non-hydrogen) atoms. The first-order valence-corrected chi connectivity index (χ1v) is 8.31. The van der Waals surface area contributed by atoms with E-state index in [2.05, 4.69) is 15.3 Å². The Morgan fingerprint density at radius 2 is 2.00 bits per heavy atom. The first kappa shape index (κ1) is 17.3. The van der Waals surface area contributed by atoms with Crippen LogP contribution in [0.15, 0.2) is 30.6 Å². The predicted molar refractivity (Wildman–Crippen MR) is 92.2 cm³/mol. The molecule has 0 atom stereocenters. The maximum atomic E-state index is 14.3. The minimum Gasteiger partial charge on any atom is -0.392 e. The first-order valence-electron chi connectivity index (χ1n) is 8.31. The molecule has 0 saturated carbocycles. The number of nitrogens with one attached hydrogen (secondary N) is 1. The molecule has 1 saturated heterocycles. The number of aromatic nitrogens is 2. The van der Waals surface area contributed by atoms with Gasteiger partial charge in [0.1, 0.15) is 5.82 Å². The highest BCUT2D eigenvalue weighted by molar-refractivity contribution is 5.73. The monoisotopic (exact) mass is 344 g/mol. The summed E-state index contributed by atoms with van der Waals surface area (Å²) in [6.45, 7) is 2.69. The average molecular weight is 344 g/mol. The molecule has 0 radical (unpaired) electrons. The zero-order valence-corrected chi connectivity index (χ0v) is 14.1. The van der Waals surface area contributed by atoms with Gasteiger partial charge in [-0.25, -0.2) is 14.4 Å². The molecular formula is C18H21FN4O2. The molecule has 2 N–H and O–H groups in total. The van der Waals surface area contributed by atoms with Crippen molar-refractivity contribution in [2.45, 2.75) is 32.4 Å². The summed E-state index contributed by atoms with van der Waals surface area (Å²) in [4.78, 5) is 21.7.